The van der Waals surface area contributed by atoms with Gasteiger partial charge in [-0.1, -0.05) is 18.2 Å². The maximum atomic E-state index is 13.0. The molecule has 2 unspecified atom stereocenters. The summed E-state index contributed by atoms with van der Waals surface area (Å²) in [5.74, 6) is -0.612. The monoisotopic (exact) mass is 390 g/mol. The van der Waals surface area contributed by atoms with Crippen LogP contribution in [0.2, 0.25) is 0 Å². The zero-order valence-corrected chi connectivity index (χ0v) is 16.1. The summed E-state index contributed by atoms with van der Waals surface area (Å²) in [6.07, 6.45) is 5.05. The van der Waals surface area contributed by atoms with E-state index < -0.39 is 10.0 Å². The molecule has 2 saturated heterocycles. The standard InChI is InChI=1S/C19H22N2O5S/c1-12-7-8-16(26-2)17(9-12)27(24,25)20-10-13(11-20)21-18(22)14-5-3-4-6-15(14)19(21)23/h3-4,7-9,13-15H,5-6,10-11H2,1-2H3. The fourth-order valence-electron chi connectivity index (χ4n) is 4.09. The predicted molar refractivity (Wildman–Crippen MR) is 97.5 cm³/mol. The van der Waals surface area contributed by atoms with Crippen LogP contribution in [0.3, 0.4) is 0 Å². The third-order valence-electron chi connectivity index (χ3n) is 5.67. The second-order valence-electron chi connectivity index (χ2n) is 7.33. The summed E-state index contributed by atoms with van der Waals surface area (Å²) in [7, 11) is -2.31. The molecule has 3 aliphatic rings. The minimum Gasteiger partial charge on any atom is -0.495 e. The van der Waals surface area contributed by atoms with Crippen LogP contribution in [-0.2, 0) is 19.6 Å². The van der Waals surface area contributed by atoms with Gasteiger partial charge in [0.1, 0.15) is 10.6 Å². The van der Waals surface area contributed by atoms with E-state index in [1.54, 1.807) is 18.2 Å². The molecule has 4 rings (SSSR count). The highest BCUT2D eigenvalue weighted by Crippen LogP contribution is 2.39. The summed E-state index contributed by atoms with van der Waals surface area (Å²) in [5.41, 5.74) is 0.813. The number of sulfonamides is 1. The van der Waals surface area contributed by atoms with Gasteiger partial charge < -0.3 is 4.74 Å². The highest BCUT2D eigenvalue weighted by molar-refractivity contribution is 7.89. The number of ether oxygens (including phenoxy) is 1. The first-order valence-electron chi connectivity index (χ1n) is 9.01. The minimum absolute atomic E-state index is 0.111. The molecule has 1 aromatic rings. The summed E-state index contributed by atoms with van der Waals surface area (Å²) >= 11 is 0. The van der Waals surface area contributed by atoms with Gasteiger partial charge in [0, 0.05) is 13.1 Å². The van der Waals surface area contributed by atoms with Crippen molar-refractivity contribution < 1.29 is 22.7 Å². The highest BCUT2D eigenvalue weighted by Gasteiger charge is 2.53. The van der Waals surface area contributed by atoms with Gasteiger partial charge in [-0.25, -0.2) is 8.42 Å². The molecule has 1 aliphatic carbocycles. The molecule has 144 valence electrons. The van der Waals surface area contributed by atoms with E-state index in [1.807, 2.05) is 19.1 Å². The quantitative estimate of drug-likeness (QED) is 0.572. The van der Waals surface area contributed by atoms with Gasteiger partial charge in [-0.15, -0.1) is 0 Å². The molecule has 0 radical (unpaired) electrons. The average molecular weight is 390 g/mol. The second kappa shape index (κ2) is 6.45. The smallest absolute Gasteiger partial charge is 0.246 e. The lowest BCUT2D eigenvalue weighted by molar-refractivity contribution is -0.145. The largest absolute Gasteiger partial charge is 0.495 e. The van der Waals surface area contributed by atoms with E-state index >= 15 is 0 Å². The predicted octanol–water partition coefficient (Wildman–Crippen LogP) is 1.33. The number of allylic oxidation sites excluding steroid dienone is 2. The molecule has 8 heteroatoms. The van der Waals surface area contributed by atoms with Crippen LogP contribution < -0.4 is 4.74 Å². The molecule has 27 heavy (non-hydrogen) atoms. The molecule has 0 bridgehead atoms. The number of methoxy groups -OCH3 is 1. The Bertz CT molecular complexity index is 907. The van der Waals surface area contributed by atoms with Gasteiger partial charge >= 0.3 is 0 Å². The van der Waals surface area contributed by atoms with Crippen LogP contribution in [0.5, 0.6) is 5.75 Å². The number of aryl methyl sites for hydroxylation is 1. The summed E-state index contributed by atoms with van der Waals surface area (Å²) in [5, 5.41) is 0. The summed E-state index contributed by atoms with van der Waals surface area (Å²) < 4.78 is 32.4. The molecule has 1 aromatic carbocycles. The number of carbonyl (C=O) groups is 2. The number of rotatable bonds is 4. The van der Waals surface area contributed by atoms with Crippen molar-refractivity contribution in [3.05, 3.63) is 35.9 Å². The molecule has 2 heterocycles. The van der Waals surface area contributed by atoms with Crippen molar-refractivity contribution in [2.75, 3.05) is 20.2 Å². The van der Waals surface area contributed by atoms with E-state index in [-0.39, 0.29) is 53.4 Å². The molecule has 0 N–H and O–H groups in total. The Balaban J connectivity index is 1.52. The van der Waals surface area contributed by atoms with Crippen molar-refractivity contribution in [2.45, 2.75) is 30.7 Å². The normalized spacial score (nSPS) is 26.2. The van der Waals surface area contributed by atoms with Crippen LogP contribution in [-0.4, -0.2) is 55.7 Å². The molecule has 7 nitrogen and oxygen atoms in total. The van der Waals surface area contributed by atoms with Crippen molar-refractivity contribution in [1.29, 1.82) is 0 Å². The topological polar surface area (TPSA) is 84.0 Å². The Morgan fingerprint density at radius 1 is 1.04 bits per heavy atom. The molecule has 2 atom stereocenters. The molecule has 2 aliphatic heterocycles. The molecular formula is C19H22N2O5S. The third kappa shape index (κ3) is 2.78. The van der Waals surface area contributed by atoms with Crippen LogP contribution in [0.1, 0.15) is 18.4 Å². The summed E-state index contributed by atoms with van der Waals surface area (Å²) in [6.45, 7) is 2.07. The third-order valence-corrected chi connectivity index (χ3v) is 7.53. The molecular weight excluding hydrogens is 368 g/mol. The van der Waals surface area contributed by atoms with Gasteiger partial charge in [0.25, 0.3) is 0 Å². The van der Waals surface area contributed by atoms with Gasteiger partial charge in [-0.2, -0.15) is 4.31 Å². The number of hydrogen-bond donors (Lipinski definition) is 0. The molecule has 0 saturated carbocycles. The highest BCUT2D eigenvalue weighted by atomic mass is 32.2. The van der Waals surface area contributed by atoms with E-state index in [0.29, 0.717) is 12.8 Å². The number of carbonyl (C=O) groups excluding carboxylic acids is 2. The lowest BCUT2D eigenvalue weighted by Gasteiger charge is -2.42. The van der Waals surface area contributed by atoms with Crippen LogP contribution >= 0.6 is 0 Å². The first kappa shape index (κ1) is 18.2. The van der Waals surface area contributed by atoms with E-state index in [1.165, 1.54) is 16.3 Å². The minimum atomic E-state index is -3.74. The SMILES string of the molecule is COc1ccc(C)cc1S(=O)(=O)N1CC(N2C(=O)C3CC=CCC3C2=O)C1. The van der Waals surface area contributed by atoms with Gasteiger partial charge in [0.15, 0.2) is 0 Å². The zero-order valence-electron chi connectivity index (χ0n) is 15.3. The average Bonchev–Trinajstić information content (AvgIpc) is 2.86. The number of fused-ring (bicyclic) bond motifs is 1. The fourth-order valence-corrected chi connectivity index (χ4v) is 5.84. The molecule has 0 aromatic heterocycles. The molecule has 2 amide bonds. The number of hydrogen-bond acceptors (Lipinski definition) is 5. The van der Waals surface area contributed by atoms with Gasteiger partial charge in [0.05, 0.1) is 25.0 Å². The Hall–Kier alpha value is -2.19. The van der Waals surface area contributed by atoms with Crippen molar-refractivity contribution in [3.8, 4) is 5.75 Å². The summed E-state index contributed by atoms with van der Waals surface area (Å²) in [4.78, 5) is 26.7. The Morgan fingerprint density at radius 3 is 2.19 bits per heavy atom. The number of benzene rings is 1. The van der Waals surface area contributed by atoms with Crippen LogP contribution in [0.25, 0.3) is 0 Å². The Labute approximate surface area is 158 Å². The zero-order chi connectivity index (χ0) is 19.3. The van der Waals surface area contributed by atoms with Crippen LogP contribution in [0, 0.1) is 18.8 Å². The van der Waals surface area contributed by atoms with Crippen molar-refractivity contribution in [1.82, 2.24) is 9.21 Å². The molecule has 0 spiro atoms. The number of imide groups is 1. The van der Waals surface area contributed by atoms with Gasteiger partial charge in [-0.3, -0.25) is 14.5 Å². The van der Waals surface area contributed by atoms with Crippen LogP contribution in [0.15, 0.2) is 35.2 Å². The number of amides is 2. The lowest BCUT2D eigenvalue weighted by atomic mass is 9.85. The maximum Gasteiger partial charge on any atom is 0.246 e. The van der Waals surface area contributed by atoms with Gasteiger partial charge in [-0.05, 0) is 37.5 Å². The first-order valence-corrected chi connectivity index (χ1v) is 10.5. The Morgan fingerprint density at radius 2 is 1.63 bits per heavy atom. The molecule has 2 fully saturated rings. The summed E-state index contributed by atoms with van der Waals surface area (Å²) in [6, 6.07) is 4.60. The van der Waals surface area contributed by atoms with Crippen molar-refractivity contribution in [2.24, 2.45) is 11.8 Å². The fraction of sp³-hybridized carbons (Fsp3) is 0.474. The van der Waals surface area contributed by atoms with E-state index in [0.717, 1.165) is 5.56 Å². The first-order chi connectivity index (χ1) is 12.8. The lowest BCUT2D eigenvalue weighted by Crippen LogP contribution is -2.62. The van der Waals surface area contributed by atoms with Crippen molar-refractivity contribution in [3.63, 3.8) is 0 Å². The van der Waals surface area contributed by atoms with Crippen LogP contribution in [0.4, 0.5) is 0 Å². The number of likely N-dealkylation sites (tertiary alicyclic amines) is 1. The second-order valence-corrected chi connectivity index (χ2v) is 9.24. The van der Waals surface area contributed by atoms with E-state index in [2.05, 4.69) is 0 Å². The van der Waals surface area contributed by atoms with Gasteiger partial charge in [0.2, 0.25) is 21.8 Å². The maximum absolute atomic E-state index is 13.0. The van der Waals surface area contributed by atoms with E-state index in [9.17, 15) is 18.0 Å². The number of nitrogens with zero attached hydrogens (tertiary/aromatic N) is 2. The Kier molecular flexibility index (Phi) is 4.35. The van der Waals surface area contributed by atoms with E-state index in [4.69, 9.17) is 4.74 Å². The van der Waals surface area contributed by atoms with Crippen molar-refractivity contribution >= 4 is 21.8 Å².